The lowest BCUT2D eigenvalue weighted by molar-refractivity contribution is -0.0517. The average molecular weight is 237 g/mol. The van der Waals surface area contributed by atoms with Crippen LogP contribution in [0.1, 0.15) is 20.3 Å². The summed E-state index contributed by atoms with van der Waals surface area (Å²) in [5, 5.41) is 28.7. The van der Waals surface area contributed by atoms with Crippen molar-refractivity contribution in [1.29, 1.82) is 0 Å². The molecule has 0 heterocycles. The van der Waals surface area contributed by atoms with Crippen LogP contribution in [0.15, 0.2) is 47.9 Å². The van der Waals surface area contributed by atoms with E-state index in [0.29, 0.717) is 12.0 Å². The first-order valence-corrected chi connectivity index (χ1v) is 5.54. The van der Waals surface area contributed by atoms with E-state index in [1.165, 1.54) is 4.90 Å². The molecular formula is C13H19NO3. The number of hydrogen-bond acceptors (Lipinski definition) is 4. The second-order valence-corrected chi connectivity index (χ2v) is 3.97. The van der Waals surface area contributed by atoms with Gasteiger partial charge in [-0.25, -0.2) is 0 Å². The maximum absolute atomic E-state index is 9.67. The molecular weight excluding hydrogens is 218 g/mol. The predicted molar refractivity (Wildman–Crippen MR) is 66.9 cm³/mol. The van der Waals surface area contributed by atoms with Crippen LogP contribution in [0.2, 0.25) is 0 Å². The molecule has 4 heteroatoms. The standard InChI is InChI=1S/C13H19NO3/c1-4-12-11(6-5-7-13(12)17)8-14(9(2)15)10(3)16/h4-5,7-10,15-17H,1,6H2,2-3H3. The van der Waals surface area contributed by atoms with Crippen molar-refractivity contribution < 1.29 is 15.3 Å². The average Bonchev–Trinajstić information content (AvgIpc) is 2.25. The van der Waals surface area contributed by atoms with Gasteiger partial charge in [-0.2, -0.15) is 0 Å². The molecule has 0 amide bonds. The number of rotatable bonds is 4. The van der Waals surface area contributed by atoms with Crippen LogP contribution in [0, 0.1) is 0 Å². The Hall–Kier alpha value is -1.52. The van der Waals surface area contributed by atoms with Gasteiger partial charge >= 0.3 is 0 Å². The largest absolute Gasteiger partial charge is 0.507 e. The van der Waals surface area contributed by atoms with E-state index in [0.717, 1.165) is 5.57 Å². The Balaban J connectivity index is 3.06. The Morgan fingerprint density at radius 3 is 2.41 bits per heavy atom. The van der Waals surface area contributed by atoms with Gasteiger partial charge in [0.25, 0.3) is 0 Å². The molecule has 2 unspecified atom stereocenters. The number of allylic oxidation sites excluding steroid dienone is 5. The number of hydrogen-bond donors (Lipinski definition) is 3. The molecule has 17 heavy (non-hydrogen) atoms. The molecule has 0 bridgehead atoms. The van der Waals surface area contributed by atoms with E-state index in [1.807, 2.05) is 6.08 Å². The first-order chi connectivity index (χ1) is 7.97. The van der Waals surface area contributed by atoms with Crippen molar-refractivity contribution in [3.05, 3.63) is 47.9 Å². The van der Waals surface area contributed by atoms with E-state index >= 15 is 0 Å². The summed E-state index contributed by atoms with van der Waals surface area (Å²) in [6.07, 6.45) is 5.66. The summed E-state index contributed by atoms with van der Waals surface area (Å²) in [6, 6.07) is 0. The highest BCUT2D eigenvalue weighted by molar-refractivity contribution is 5.47. The first-order valence-electron chi connectivity index (χ1n) is 5.54. The molecule has 1 rings (SSSR count). The molecule has 0 saturated heterocycles. The molecule has 4 nitrogen and oxygen atoms in total. The Labute approximate surface area is 101 Å². The van der Waals surface area contributed by atoms with Crippen molar-refractivity contribution in [2.45, 2.75) is 32.7 Å². The van der Waals surface area contributed by atoms with Gasteiger partial charge in [0.15, 0.2) is 0 Å². The van der Waals surface area contributed by atoms with Crippen LogP contribution in [0.25, 0.3) is 0 Å². The van der Waals surface area contributed by atoms with Gasteiger partial charge in [0, 0.05) is 11.8 Å². The number of aliphatic hydroxyl groups excluding tert-OH is 3. The van der Waals surface area contributed by atoms with Gasteiger partial charge in [-0.1, -0.05) is 18.7 Å². The van der Waals surface area contributed by atoms with Crippen LogP contribution in [-0.2, 0) is 0 Å². The minimum absolute atomic E-state index is 0.147. The van der Waals surface area contributed by atoms with E-state index in [1.54, 1.807) is 32.2 Å². The lowest BCUT2D eigenvalue weighted by atomic mass is 9.97. The highest BCUT2D eigenvalue weighted by atomic mass is 16.3. The summed E-state index contributed by atoms with van der Waals surface area (Å²) in [6.45, 7) is 6.78. The van der Waals surface area contributed by atoms with Crippen LogP contribution in [0.5, 0.6) is 0 Å². The third-order valence-corrected chi connectivity index (χ3v) is 2.61. The molecule has 1 aliphatic rings. The molecule has 0 radical (unpaired) electrons. The van der Waals surface area contributed by atoms with Gasteiger partial charge in [-0.3, -0.25) is 0 Å². The number of aliphatic hydroxyl groups is 3. The highest BCUT2D eigenvalue weighted by Crippen LogP contribution is 2.25. The zero-order valence-electron chi connectivity index (χ0n) is 10.2. The lowest BCUT2D eigenvalue weighted by Crippen LogP contribution is -2.36. The van der Waals surface area contributed by atoms with Crippen LogP contribution >= 0.6 is 0 Å². The third kappa shape index (κ3) is 3.22. The quantitative estimate of drug-likeness (QED) is 0.652. The molecule has 3 N–H and O–H groups in total. The lowest BCUT2D eigenvalue weighted by Gasteiger charge is -2.28. The molecule has 2 atom stereocenters. The van der Waals surface area contributed by atoms with Gasteiger partial charge < -0.3 is 20.2 Å². The Morgan fingerprint density at radius 1 is 1.35 bits per heavy atom. The fraction of sp³-hybridized carbons (Fsp3) is 0.385. The number of nitrogens with zero attached hydrogens (tertiary/aromatic N) is 1. The maximum Gasteiger partial charge on any atom is 0.125 e. The summed E-state index contributed by atoms with van der Waals surface area (Å²) in [7, 11) is 0. The van der Waals surface area contributed by atoms with Gasteiger partial charge in [0.05, 0.1) is 0 Å². The predicted octanol–water partition coefficient (Wildman–Crippen LogP) is 1.81. The van der Waals surface area contributed by atoms with Crippen LogP contribution < -0.4 is 0 Å². The van der Waals surface area contributed by atoms with Crippen LogP contribution in [0.4, 0.5) is 0 Å². The summed E-state index contributed by atoms with van der Waals surface area (Å²) in [4.78, 5) is 1.41. The van der Waals surface area contributed by atoms with Crippen molar-refractivity contribution >= 4 is 0 Å². The van der Waals surface area contributed by atoms with Crippen LogP contribution in [0.3, 0.4) is 0 Å². The van der Waals surface area contributed by atoms with E-state index in [-0.39, 0.29) is 5.76 Å². The topological polar surface area (TPSA) is 63.9 Å². The molecule has 94 valence electrons. The van der Waals surface area contributed by atoms with Gasteiger partial charge in [-0.05, 0) is 31.9 Å². The fourth-order valence-electron chi connectivity index (χ4n) is 1.73. The molecule has 0 aromatic heterocycles. The Bertz CT molecular complexity index is 370. The van der Waals surface area contributed by atoms with Crippen molar-refractivity contribution in [2.24, 2.45) is 0 Å². The molecule has 0 saturated carbocycles. The third-order valence-electron chi connectivity index (χ3n) is 2.61. The van der Waals surface area contributed by atoms with E-state index in [2.05, 4.69) is 6.58 Å². The van der Waals surface area contributed by atoms with Gasteiger partial charge in [0.2, 0.25) is 0 Å². The Morgan fingerprint density at radius 2 is 1.94 bits per heavy atom. The summed E-state index contributed by atoms with van der Waals surface area (Å²) >= 11 is 0. The second kappa shape index (κ2) is 5.70. The molecule has 0 aromatic carbocycles. The molecule has 0 aromatic rings. The van der Waals surface area contributed by atoms with Crippen molar-refractivity contribution in [3.8, 4) is 0 Å². The summed E-state index contributed by atoms with van der Waals surface area (Å²) in [5.41, 5.74) is 1.43. The molecule has 1 aliphatic carbocycles. The van der Waals surface area contributed by atoms with Crippen molar-refractivity contribution in [1.82, 2.24) is 4.90 Å². The zero-order chi connectivity index (χ0) is 13.0. The summed E-state index contributed by atoms with van der Waals surface area (Å²) in [5.74, 6) is 0.147. The molecule has 0 aliphatic heterocycles. The van der Waals surface area contributed by atoms with Crippen LogP contribution in [-0.4, -0.2) is 32.7 Å². The van der Waals surface area contributed by atoms with E-state index in [9.17, 15) is 15.3 Å². The smallest absolute Gasteiger partial charge is 0.125 e. The fourth-order valence-corrected chi connectivity index (χ4v) is 1.73. The van der Waals surface area contributed by atoms with E-state index < -0.39 is 12.5 Å². The summed E-state index contributed by atoms with van der Waals surface area (Å²) < 4.78 is 0. The molecule has 0 spiro atoms. The minimum Gasteiger partial charge on any atom is -0.507 e. The second-order valence-electron chi connectivity index (χ2n) is 3.97. The highest BCUT2D eigenvalue weighted by Gasteiger charge is 2.16. The normalized spacial score (nSPS) is 21.5. The van der Waals surface area contributed by atoms with Gasteiger partial charge in [0.1, 0.15) is 18.2 Å². The maximum atomic E-state index is 9.67. The van der Waals surface area contributed by atoms with Crippen molar-refractivity contribution in [3.63, 3.8) is 0 Å². The first kappa shape index (κ1) is 13.5. The van der Waals surface area contributed by atoms with Crippen molar-refractivity contribution in [2.75, 3.05) is 0 Å². The van der Waals surface area contributed by atoms with Gasteiger partial charge in [-0.15, -0.1) is 0 Å². The zero-order valence-corrected chi connectivity index (χ0v) is 10.2. The Kier molecular flexibility index (Phi) is 4.54. The monoisotopic (exact) mass is 237 g/mol. The minimum atomic E-state index is -0.804. The molecule has 0 fully saturated rings. The van der Waals surface area contributed by atoms with E-state index in [4.69, 9.17) is 0 Å². The SMILES string of the molecule is C=CC1=C(O)C=CCC1=CN(C(C)O)C(C)O.